The second-order valence-corrected chi connectivity index (χ2v) is 2.63. The van der Waals surface area contributed by atoms with E-state index < -0.39 is 0 Å². The van der Waals surface area contributed by atoms with Crippen molar-refractivity contribution in [3.05, 3.63) is 0 Å². The van der Waals surface area contributed by atoms with Crippen molar-refractivity contribution in [3.8, 4) is 0 Å². The highest BCUT2D eigenvalue weighted by atomic mass is 32.1. The van der Waals surface area contributed by atoms with Crippen molar-refractivity contribution in [2.75, 3.05) is 0 Å². The highest BCUT2D eigenvalue weighted by Gasteiger charge is 1.62. The smallest absolute Gasteiger partial charge is 0.126 e. The monoisotopic (exact) mass is 162 g/mol. The molecule has 0 aliphatic rings. The molecule has 0 aliphatic carbocycles. The number of ketones is 1. The molecule has 0 bridgehead atoms. The number of carbonyl (C=O) groups is 1. The van der Waals surface area contributed by atoms with Crippen molar-refractivity contribution in [2.24, 2.45) is 0 Å². The van der Waals surface area contributed by atoms with Crippen LogP contribution in [-0.4, -0.2) is 10.6 Å². The van der Waals surface area contributed by atoms with Gasteiger partial charge in [0.25, 0.3) is 0 Å². The lowest BCUT2D eigenvalue weighted by Crippen LogP contribution is -1.69. The minimum Gasteiger partial charge on any atom is -0.300 e. The summed E-state index contributed by atoms with van der Waals surface area (Å²) < 4.78 is 0. The maximum atomic E-state index is 9.44. The summed E-state index contributed by atoms with van der Waals surface area (Å²) in [6, 6.07) is 0. The fourth-order valence-corrected chi connectivity index (χ4v) is 0. The molecule has 0 rings (SSSR count). The molecule has 2 heteroatoms. The van der Waals surface area contributed by atoms with Crippen molar-refractivity contribution in [1.29, 1.82) is 0 Å². The Bertz CT molecular complexity index is 67.3. The van der Waals surface area contributed by atoms with Gasteiger partial charge in [0, 0.05) is 0 Å². The zero-order chi connectivity index (χ0) is 9.15. The normalized spacial score (nSPS) is 5.80. The number of carbonyl (C=O) groups excluding carboxylic acids is 1. The van der Waals surface area contributed by atoms with Crippen LogP contribution in [0, 0.1) is 0 Å². The first-order valence-electron chi connectivity index (χ1n) is 3.41. The first-order chi connectivity index (χ1) is 4.46. The molecule has 0 unspecified atom stereocenters. The van der Waals surface area contributed by atoms with Crippen LogP contribution < -0.4 is 0 Å². The lowest BCUT2D eigenvalue weighted by atomic mass is 10.6. The number of hydrogen-bond acceptors (Lipinski definition) is 2. The van der Waals surface area contributed by atoms with Crippen LogP contribution in [0.1, 0.15) is 41.5 Å². The largest absolute Gasteiger partial charge is 0.300 e. The lowest BCUT2D eigenvalue weighted by molar-refractivity contribution is -0.114. The van der Waals surface area contributed by atoms with Gasteiger partial charge in [-0.25, -0.2) is 0 Å². The quantitative estimate of drug-likeness (QED) is 0.509. The minimum absolute atomic E-state index is 0.167. The van der Waals surface area contributed by atoms with E-state index in [0.717, 1.165) is 4.86 Å². The van der Waals surface area contributed by atoms with E-state index in [0.29, 0.717) is 0 Å². The van der Waals surface area contributed by atoms with Crippen LogP contribution >= 0.6 is 12.2 Å². The summed E-state index contributed by atoms with van der Waals surface area (Å²) >= 11 is 4.54. The molecule has 62 valence electrons. The Morgan fingerprint density at radius 1 is 1.00 bits per heavy atom. The molecule has 0 amide bonds. The molecule has 1 nitrogen and oxygen atoms in total. The molecular weight excluding hydrogens is 144 g/mol. The van der Waals surface area contributed by atoms with Crippen molar-refractivity contribution in [3.63, 3.8) is 0 Å². The highest BCUT2D eigenvalue weighted by Crippen LogP contribution is 1.61. The van der Waals surface area contributed by atoms with Crippen molar-refractivity contribution in [1.82, 2.24) is 0 Å². The Morgan fingerprint density at radius 2 is 1.00 bits per heavy atom. The minimum atomic E-state index is 0.167. The standard InChI is InChI=1S/C3H6O.C3H6S.C2H6/c2*1-3(2)4;1-2/h2*1-2H3;1-2H3. The topological polar surface area (TPSA) is 17.1 Å². The van der Waals surface area contributed by atoms with E-state index in [4.69, 9.17) is 0 Å². The molecule has 0 aromatic heterocycles. The predicted molar refractivity (Wildman–Crippen MR) is 51.6 cm³/mol. The molecule has 10 heavy (non-hydrogen) atoms. The molecule has 0 fully saturated rings. The maximum absolute atomic E-state index is 9.44. The molecule has 0 spiro atoms. The average molecular weight is 162 g/mol. The summed E-state index contributed by atoms with van der Waals surface area (Å²) in [5.41, 5.74) is 0. The van der Waals surface area contributed by atoms with E-state index in [2.05, 4.69) is 12.2 Å². The summed E-state index contributed by atoms with van der Waals surface area (Å²) in [6.07, 6.45) is 0. The third kappa shape index (κ3) is 6160. The SMILES string of the molecule is CC.CC(C)=O.CC(C)=S. The molecular formula is C8H18OS. The van der Waals surface area contributed by atoms with Crippen molar-refractivity contribution >= 4 is 22.9 Å². The fraction of sp³-hybridized carbons (Fsp3) is 0.750. The summed E-state index contributed by atoms with van der Waals surface area (Å²) in [7, 11) is 0. The van der Waals surface area contributed by atoms with Gasteiger partial charge in [-0.3, -0.25) is 0 Å². The Balaban J connectivity index is -0.0000000787. The highest BCUT2D eigenvalue weighted by molar-refractivity contribution is 7.80. The van der Waals surface area contributed by atoms with E-state index in [1.165, 1.54) is 13.8 Å². The summed E-state index contributed by atoms with van der Waals surface area (Å²) in [4.78, 5) is 10.4. The van der Waals surface area contributed by atoms with Gasteiger partial charge in [-0.2, -0.15) is 0 Å². The Morgan fingerprint density at radius 3 is 1.00 bits per heavy atom. The third-order valence-electron chi connectivity index (χ3n) is 0. The summed E-state index contributed by atoms with van der Waals surface area (Å²) in [6.45, 7) is 10.9. The molecule has 0 saturated heterocycles. The van der Waals surface area contributed by atoms with Crippen LogP contribution in [0.3, 0.4) is 0 Å². The average Bonchev–Trinajstić information content (AvgIpc) is 1.66. The zero-order valence-corrected chi connectivity index (χ0v) is 8.63. The summed E-state index contributed by atoms with van der Waals surface area (Å²) in [5.74, 6) is 0.167. The second-order valence-electron chi connectivity index (χ2n) is 1.82. The zero-order valence-electron chi connectivity index (χ0n) is 7.82. The van der Waals surface area contributed by atoms with Gasteiger partial charge in [0.05, 0.1) is 0 Å². The van der Waals surface area contributed by atoms with Crippen LogP contribution in [0.15, 0.2) is 0 Å². The Hall–Kier alpha value is -0.240. The molecule has 0 radical (unpaired) electrons. The van der Waals surface area contributed by atoms with E-state index >= 15 is 0 Å². The van der Waals surface area contributed by atoms with Gasteiger partial charge in [0.2, 0.25) is 0 Å². The molecule has 0 heterocycles. The molecule has 0 atom stereocenters. The van der Waals surface area contributed by atoms with Crippen LogP contribution in [0.5, 0.6) is 0 Å². The predicted octanol–water partition coefficient (Wildman–Crippen LogP) is 3.02. The Kier molecular flexibility index (Phi) is 26.1. The van der Waals surface area contributed by atoms with E-state index in [-0.39, 0.29) is 5.78 Å². The number of thiocarbonyl (C=S) groups is 1. The van der Waals surface area contributed by atoms with Gasteiger partial charge < -0.3 is 4.79 Å². The third-order valence-corrected chi connectivity index (χ3v) is 0. The number of rotatable bonds is 0. The van der Waals surface area contributed by atoms with E-state index in [1.54, 1.807) is 0 Å². The number of Topliss-reactive ketones (excluding diaryl/α,β-unsaturated/α-hetero) is 1. The van der Waals surface area contributed by atoms with Crippen molar-refractivity contribution in [2.45, 2.75) is 41.5 Å². The second kappa shape index (κ2) is 15.9. The fourth-order valence-electron chi connectivity index (χ4n) is 0. The maximum Gasteiger partial charge on any atom is 0.126 e. The summed E-state index contributed by atoms with van der Waals surface area (Å²) in [5, 5.41) is 0. The lowest BCUT2D eigenvalue weighted by Gasteiger charge is -1.61. The van der Waals surface area contributed by atoms with Crippen molar-refractivity contribution < 1.29 is 4.79 Å². The van der Waals surface area contributed by atoms with Gasteiger partial charge in [-0.05, 0) is 32.6 Å². The van der Waals surface area contributed by atoms with Gasteiger partial charge >= 0.3 is 0 Å². The van der Waals surface area contributed by atoms with Gasteiger partial charge in [0.1, 0.15) is 5.78 Å². The van der Waals surface area contributed by atoms with Crippen LogP contribution in [0.2, 0.25) is 0 Å². The van der Waals surface area contributed by atoms with Gasteiger partial charge in [-0.1, -0.05) is 26.1 Å². The first-order valence-corrected chi connectivity index (χ1v) is 3.82. The molecule has 0 aromatic carbocycles. The number of hydrogen-bond donors (Lipinski definition) is 0. The molecule has 0 N–H and O–H groups in total. The Labute approximate surface area is 69.8 Å². The van der Waals surface area contributed by atoms with Crippen LogP contribution in [0.25, 0.3) is 0 Å². The van der Waals surface area contributed by atoms with Gasteiger partial charge in [-0.15, -0.1) is 0 Å². The molecule has 0 saturated carbocycles. The molecule has 0 aliphatic heterocycles. The van der Waals surface area contributed by atoms with Crippen LogP contribution in [-0.2, 0) is 4.79 Å². The first kappa shape index (κ1) is 16.4. The van der Waals surface area contributed by atoms with Crippen LogP contribution in [0.4, 0.5) is 0 Å². The van der Waals surface area contributed by atoms with E-state index in [1.807, 2.05) is 27.7 Å². The van der Waals surface area contributed by atoms with E-state index in [9.17, 15) is 4.79 Å². The molecule has 0 aromatic rings. The van der Waals surface area contributed by atoms with Gasteiger partial charge in [0.15, 0.2) is 0 Å².